The lowest BCUT2D eigenvalue weighted by atomic mass is 10.1. The molecule has 0 atom stereocenters. The summed E-state index contributed by atoms with van der Waals surface area (Å²) >= 11 is 0. The van der Waals surface area contributed by atoms with Gasteiger partial charge in [-0.05, 0) is 19.3 Å². The van der Waals surface area contributed by atoms with Gasteiger partial charge in [-0.2, -0.15) is 0 Å². The molecule has 0 unspecified atom stereocenters. The highest BCUT2D eigenvalue weighted by atomic mass is 16.6. The zero-order chi connectivity index (χ0) is 14.1. The van der Waals surface area contributed by atoms with Gasteiger partial charge in [-0.3, -0.25) is 10.1 Å². The zero-order valence-corrected chi connectivity index (χ0v) is 10.9. The minimum Gasteiger partial charge on any atom is -0.381 e. The molecule has 3 rings (SSSR count). The van der Waals surface area contributed by atoms with Crippen LogP contribution < -0.4 is 5.73 Å². The Morgan fingerprint density at radius 3 is 2.85 bits per heavy atom. The summed E-state index contributed by atoms with van der Waals surface area (Å²) in [6, 6.07) is 6.77. The average molecular weight is 273 g/mol. The van der Waals surface area contributed by atoms with Crippen molar-refractivity contribution in [1.29, 1.82) is 0 Å². The van der Waals surface area contributed by atoms with Crippen molar-refractivity contribution in [2.45, 2.75) is 31.7 Å². The third kappa shape index (κ3) is 2.34. The third-order valence-electron chi connectivity index (χ3n) is 3.55. The molecule has 2 aromatic rings. The van der Waals surface area contributed by atoms with Gasteiger partial charge < -0.3 is 5.73 Å². The molecule has 0 bridgehead atoms. The maximum Gasteiger partial charge on any atom is 0.272 e. The summed E-state index contributed by atoms with van der Waals surface area (Å²) in [5, 5.41) is 18.9. The molecule has 1 aromatic heterocycles. The minimum atomic E-state index is -0.354. The van der Waals surface area contributed by atoms with Crippen molar-refractivity contribution in [3.8, 4) is 0 Å². The first-order valence-corrected chi connectivity index (χ1v) is 6.58. The van der Waals surface area contributed by atoms with Crippen LogP contribution in [0.2, 0.25) is 0 Å². The molecular weight excluding hydrogens is 258 g/mol. The van der Waals surface area contributed by atoms with E-state index in [-0.39, 0.29) is 10.6 Å². The highest BCUT2D eigenvalue weighted by Gasteiger charge is 2.30. The van der Waals surface area contributed by atoms with Crippen molar-refractivity contribution >= 4 is 11.5 Å². The standard InChI is InChI=1S/C13H15N5O2/c14-13-12(10-5-6-10)17(16-15-13)8-7-9-3-1-2-4-11(9)18(19)20/h1-4,10H,5-8,14H2. The molecule has 7 heteroatoms. The predicted molar refractivity (Wildman–Crippen MR) is 73.2 cm³/mol. The van der Waals surface area contributed by atoms with Crippen molar-refractivity contribution in [2.75, 3.05) is 5.73 Å². The third-order valence-corrected chi connectivity index (χ3v) is 3.55. The summed E-state index contributed by atoms with van der Waals surface area (Å²) in [6.07, 6.45) is 2.77. The summed E-state index contributed by atoms with van der Waals surface area (Å²) in [5.41, 5.74) is 7.65. The van der Waals surface area contributed by atoms with Gasteiger partial charge in [0.25, 0.3) is 5.69 Å². The quantitative estimate of drug-likeness (QED) is 0.662. The number of hydrogen-bond acceptors (Lipinski definition) is 5. The molecule has 1 saturated carbocycles. The Morgan fingerprint density at radius 1 is 1.40 bits per heavy atom. The van der Waals surface area contributed by atoms with E-state index in [9.17, 15) is 10.1 Å². The number of aromatic nitrogens is 3. The van der Waals surface area contributed by atoms with Gasteiger partial charge in [-0.1, -0.05) is 23.4 Å². The van der Waals surface area contributed by atoms with E-state index in [1.807, 2.05) is 0 Å². The second kappa shape index (κ2) is 4.92. The summed E-state index contributed by atoms with van der Waals surface area (Å²) in [7, 11) is 0. The van der Waals surface area contributed by atoms with Crippen molar-refractivity contribution in [1.82, 2.24) is 15.0 Å². The van der Waals surface area contributed by atoms with Gasteiger partial charge in [0.05, 0.1) is 10.6 Å². The van der Waals surface area contributed by atoms with E-state index < -0.39 is 0 Å². The van der Waals surface area contributed by atoms with Crippen LogP contribution in [0.4, 0.5) is 11.5 Å². The second-order valence-electron chi connectivity index (χ2n) is 4.99. The molecule has 0 amide bonds. The number of nitro benzene ring substituents is 1. The number of nitro groups is 1. The Hall–Kier alpha value is -2.44. The number of nitrogens with zero attached hydrogens (tertiary/aromatic N) is 4. The van der Waals surface area contributed by atoms with Gasteiger partial charge in [0.1, 0.15) is 0 Å². The molecule has 0 spiro atoms. The molecule has 2 N–H and O–H groups in total. The van der Waals surface area contributed by atoms with Crippen LogP contribution in [0.15, 0.2) is 24.3 Å². The first kappa shape index (κ1) is 12.6. The number of anilines is 1. The summed E-state index contributed by atoms with van der Waals surface area (Å²) < 4.78 is 1.78. The Balaban J connectivity index is 1.79. The Bertz CT molecular complexity index is 648. The van der Waals surface area contributed by atoms with Gasteiger partial charge in [-0.15, -0.1) is 5.10 Å². The van der Waals surface area contributed by atoms with Gasteiger partial charge in [0, 0.05) is 24.1 Å². The molecular formula is C13H15N5O2. The molecule has 1 aliphatic carbocycles. The van der Waals surface area contributed by atoms with Crippen LogP contribution in [0.1, 0.15) is 30.0 Å². The molecule has 1 aromatic carbocycles. The first-order chi connectivity index (χ1) is 9.66. The van der Waals surface area contributed by atoms with Gasteiger partial charge in [0.15, 0.2) is 5.82 Å². The topological polar surface area (TPSA) is 99.9 Å². The number of benzene rings is 1. The number of hydrogen-bond donors (Lipinski definition) is 1. The maximum absolute atomic E-state index is 11.0. The highest BCUT2D eigenvalue weighted by molar-refractivity contribution is 5.40. The molecule has 0 aliphatic heterocycles. The number of nitrogen functional groups attached to an aromatic ring is 1. The van der Waals surface area contributed by atoms with Crippen molar-refractivity contribution < 1.29 is 4.92 Å². The first-order valence-electron chi connectivity index (χ1n) is 6.58. The molecule has 7 nitrogen and oxygen atoms in total. The number of aryl methyl sites for hydroxylation is 2. The number of nitrogens with two attached hydrogens (primary N) is 1. The van der Waals surface area contributed by atoms with Crippen LogP contribution in [-0.4, -0.2) is 19.9 Å². The smallest absolute Gasteiger partial charge is 0.272 e. The van der Waals surface area contributed by atoms with Crippen LogP contribution in [-0.2, 0) is 13.0 Å². The maximum atomic E-state index is 11.0. The predicted octanol–water partition coefficient (Wildman–Crippen LogP) is 1.89. The molecule has 20 heavy (non-hydrogen) atoms. The van der Waals surface area contributed by atoms with E-state index >= 15 is 0 Å². The average Bonchev–Trinajstić information content (AvgIpc) is 3.20. The van der Waals surface area contributed by atoms with Crippen LogP contribution >= 0.6 is 0 Å². The van der Waals surface area contributed by atoms with E-state index in [1.54, 1.807) is 22.9 Å². The van der Waals surface area contributed by atoms with E-state index in [0.717, 1.165) is 18.5 Å². The molecule has 0 radical (unpaired) electrons. The van der Waals surface area contributed by atoms with Gasteiger partial charge in [-0.25, -0.2) is 4.68 Å². The fourth-order valence-corrected chi connectivity index (χ4v) is 2.40. The highest BCUT2D eigenvalue weighted by Crippen LogP contribution is 2.41. The summed E-state index contributed by atoms with van der Waals surface area (Å²) in [5.74, 6) is 0.936. The second-order valence-corrected chi connectivity index (χ2v) is 4.99. The van der Waals surface area contributed by atoms with Crippen molar-refractivity contribution in [3.63, 3.8) is 0 Å². The summed E-state index contributed by atoms with van der Waals surface area (Å²) in [6.45, 7) is 0.556. The van der Waals surface area contributed by atoms with E-state index in [2.05, 4.69) is 10.3 Å². The van der Waals surface area contributed by atoms with E-state index in [4.69, 9.17) is 5.73 Å². The molecule has 0 saturated heterocycles. The molecule has 1 fully saturated rings. The Labute approximate surface area is 115 Å². The fraction of sp³-hybridized carbons (Fsp3) is 0.385. The monoisotopic (exact) mass is 273 g/mol. The van der Waals surface area contributed by atoms with Crippen LogP contribution in [0.5, 0.6) is 0 Å². The Kier molecular flexibility index (Phi) is 3.09. The van der Waals surface area contributed by atoms with E-state index in [0.29, 0.717) is 30.3 Å². The van der Waals surface area contributed by atoms with Crippen molar-refractivity contribution in [3.05, 3.63) is 45.6 Å². The van der Waals surface area contributed by atoms with Crippen molar-refractivity contribution in [2.24, 2.45) is 0 Å². The molecule has 1 heterocycles. The lowest BCUT2D eigenvalue weighted by molar-refractivity contribution is -0.385. The minimum absolute atomic E-state index is 0.147. The molecule has 104 valence electrons. The lowest BCUT2D eigenvalue weighted by Crippen LogP contribution is -2.08. The SMILES string of the molecule is Nc1nnn(CCc2ccccc2[N+](=O)[O-])c1C1CC1. The van der Waals surface area contributed by atoms with E-state index in [1.165, 1.54) is 6.07 Å². The van der Waals surface area contributed by atoms with Crippen LogP contribution in [0.3, 0.4) is 0 Å². The number of rotatable bonds is 5. The molecule has 1 aliphatic rings. The van der Waals surface area contributed by atoms with Gasteiger partial charge in [0.2, 0.25) is 0 Å². The largest absolute Gasteiger partial charge is 0.381 e. The lowest BCUT2D eigenvalue weighted by Gasteiger charge is -2.06. The van der Waals surface area contributed by atoms with Crippen LogP contribution in [0, 0.1) is 10.1 Å². The van der Waals surface area contributed by atoms with Crippen LogP contribution in [0.25, 0.3) is 0 Å². The zero-order valence-electron chi connectivity index (χ0n) is 10.9. The normalized spacial score (nSPS) is 14.4. The Morgan fingerprint density at radius 2 is 2.15 bits per heavy atom. The number of para-hydroxylation sites is 1. The fourth-order valence-electron chi connectivity index (χ4n) is 2.40. The summed E-state index contributed by atoms with van der Waals surface area (Å²) in [4.78, 5) is 10.6. The van der Waals surface area contributed by atoms with Gasteiger partial charge >= 0.3 is 0 Å².